The molecule has 2 aromatic rings. The minimum absolute atomic E-state index is 0.0307. The number of anilines is 2. The van der Waals surface area contributed by atoms with Gasteiger partial charge in [-0.05, 0) is 60.9 Å². The lowest BCUT2D eigenvalue weighted by Crippen LogP contribution is -2.14. The van der Waals surface area contributed by atoms with Gasteiger partial charge in [-0.25, -0.2) is 8.42 Å². The van der Waals surface area contributed by atoms with Gasteiger partial charge in [-0.2, -0.15) is 0 Å². The minimum atomic E-state index is -3.70. The number of amides is 1. The van der Waals surface area contributed by atoms with Crippen LogP contribution in [-0.2, 0) is 14.8 Å². The molecule has 1 saturated carbocycles. The van der Waals surface area contributed by atoms with Crippen LogP contribution in [0.25, 0.3) is 0 Å². The first kappa shape index (κ1) is 19.7. The van der Waals surface area contributed by atoms with Gasteiger partial charge in [-0.15, -0.1) is 0 Å². The summed E-state index contributed by atoms with van der Waals surface area (Å²) < 4.78 is 27.4. The van der Waals surface area contributed by atoms with Gasteiger partial charge >= 0.3 is 0 Å². The summed E-state index contributed by atoms with van der Waals surface area (Å²) in [6, 6.07) is 12.6. The van der Waals surface area contributed by atoms with E-state index in [0.29, 0.717) is 28.7 Å². The van der Waals surface area contributed by atoms with Crippen molar-refractivity contribution in [3.05, 3.63) is 53.6 Å². The van der Waals surface area contributed by atoms with Crippen LogP contribution in [0.4, 0.5) is 11.4 Å². The van der Waals surface area contributed by atoms with Crippen molar-refractivity contribution in [1.82, 2.24) is 0 Å². The maximum atomic E-state index is 12.4. The van der Waals surface area contributed by atoms with Gasteiger partial charge in [0, 0.05) is 22.8 Å². The quantitative estimate of drug-likeness (QED) is 0.675. The van der Waals surface area contributed by atoms with E-state index in [0.717, 1.165) is 6.42 Å². The van der Waals surface area contributed by atoms with Crippen LogP contribution in [0.3, 0.4) is 0 Å². The van der Waals surface area contributed by atoms with Crippen LogP contribution in [-0.4, -0.2) is 14.3 Å². The molecule has 1 amide bonds. The molecule has 1 aliphatic carbocycles. The third-order valence-corrected chi connectivity index (χ3v) is 6.45. The average molecular weight is 407 g/mol. The number of carbonyl (C=O) groups excluding carboxylic acids is 1. The van der Waals surface area contributed by atoms with Crippen molar-refractivity contribution >= 4 is 38.9 Å². The maximum absolute atomic E-state index is 12.4. The molecule has 5 nitrogen and oxygen atoms in total. The monoisotopic (exact) mass is 406 g/mol. The highest BCUT2D eigenvalue weighted by Gasteiger charge is 2.17. The summed E-state index contributed by atoms with van der Waals surface area (Å²) in [4.78, 5) is 12.2. The molecule has 2 aromatic carbocycles. The molecular formula is C20H23ClN2O3S. The van der Waals surface area contributed by atoms with Crippen LogP contribution in [0.15, 0.2) is 53.4 Å². The van der Waals surface area contributed by atoms with Crippen LogP contribution >= 0.6 is 11.6 Å². The molecule has 27 heavy (non-hydrogen) atoms. The molecule has 1 fully saturated rings. The van der Waals surface area contributed by atoms with Crippen molar-refractivity contribution in [3.63, 3.8) is 0 Å². The number of benzene rings is 2. The van der Waals surface area contributed by atoms with Gasteiger partial charge in [0.2, 0.25) is 5.91 Å². The van der Waals surface area contributed by atoms with Crippen molar-refractivity contribution < 1.29 is 13.2 Å². The smallest absolute Gasteiger partial charge is 0.261 e. The largest absolute Gasteiger partial charge is 0.326 e. The number of halogens is 1. The molecule has 0 aliphatic heterocycles. The van der Waals surface area contributed by atoms with Crippen LogP contribution in [0.1, 0.15) is 38.5 Å². The summed E-state index contributed by atoms with van der Waals surface area (Å²) in [5.74, 6) is 0.638. The Labute approximate surface area is 165 Å². The van der Waals surface area contributed by atoms with Crippen LogP contribution in [0, 0.1) is 5.92 Å². The van der Waals surface area contributed by atoms with E-state index < -0.39 is 10.0 Å². The molecule has 0 heterocycles. The number of nitrogens with one attached hydrogen (secondary N) is 2. The van der Waals surface area contributed by atoms with E-state index in [1.807, 2.05) is 0 Å². The van der Waals surface area contributed by atoms with E-state index in [4.69, 9.17) is 11.6 Å². The summed E-state index contributed by atoms with van der Waals surface area (Å²) in [5, 5.41) is 3.36. The first-order valence-corrected chi connectivity index (χ1v) is 11.0. The first-order chi connectivity index (χ1) is 12.9. The lowest BCUT2D eigenvalue weighted by atomic mass is 10.0. The molecule has 0 unspecified atom stereocenters. The number of sulfonamides is 1. The summed E-state index contributed by atoms with van der Waals surface area (Å²) in [7, 11) is -3.70. The molecule has 3 rings (SSSR count). The molecule has 0 atom stereocenters. The maximum Gasteiger partial charge on any atom is 0.261 e. The van der Waals surface area contributed by atoms with Crippen LogP contribution < -0.4 is 10.0 Å². The van der Waals surface area contributed by atoms with Crippen molar-refractivity contribution in [2.45, 2.75) is 43.4 Å². The Bertz CT molecular complexity index is 874. The number of hydrogen-bond acceptors (Lipinski definition) is 3. The zero-order chi connectivity index (χ0) is 19.3. The van der Waals surface area contributed by atoms with E-state index in [-0.39, 0.29) is 10.8 Å². The third-order valence-electron chi connectivity index (χ3n) is 4.80. The van der Waals surface area contributed by atoms with E-state index >= 15 is 0 Å². The topological polar surface area (TPSA) is 75.3 Å². The SMILES string of the molecule is O=C(CCC1CCCC1)Nc1ccc(S(=O)(=O)Nc2ccc(Cl)cc2)cc1. The van der Waals surface area contributed by atoms with E-state index in [1.54, 1.807) is 36.4 Å². The second kappa shape index (κ2) is 8.76. The van der Waals surface area contributed by atoms with Crippen molar-refractivity contribution in [2.75, 3.05) is 10.0 Å². The lowest BCUT2D eigenvalue weighted by Gasteiger charge is -2.11. The molecule has 2 N–H and O–H groups in total. The summed E-state index contributed by atoms with van der Waals surface area (Å²) >= 11 is 5.81. The Morgan fingerprint density at radius 3 is 2.19 bits per heavy atom. The normalized spacial score (nSPS) is 14.9. The second-order valence-electron chi connectivity index (χ2n) is 6.87. The molecule has 144 valence electrons. The number of hydrogen-bond donors (Lipinski definition) is 2. The molecule has 0 aromatic heterocycles. The fraction of sp³-hybridized carbons (Fsp3) is 0.350. The molecule has 0 radical (unpaired) electrons. The van der Waals surface area contributed by atoms with Gasteiger partial charge in [-0.3, -0.25) is 9.52 Å². The zero-order valence-electron chi connectivity index (χ0n) is 14.9. The number of carbonyl (C=O) groups is 1. The molecule has 0 saturated heterocycles. The molecule has 7 heteroatoms. The Morgan fingerprint density at radius 1 is 0.963 bits per heavy atom. The Morgan fingerprint density at radius 2 is 1.56 bits per heavy atom. The Hall–Kier alpha value is -2.05. The van der Waals surface area contributed by atoms with E-state index in [1.165, 1.54) is 37.8 Å². The van der Waals surface area contributed by atoms with Gasteiger partial charge < -0.3 is 5.32 Å². The fourth-order valence-corrected chi connectivity index (χ4v) is 4.49. The summed E-state index contributed by atoms with van der Waals surface area (Å²) in [6.45, 7) is 0. The third kappa shape index (κ3) is 5.71. The van der Waals surface area contributed by atoms with Gasteiger partial charge in [0.25, 0.3) is 10.0 Å². The van der Waals surface area contributed by atoms with Gasteiger partial charge in [0.05, 0.1) is 4.90 Å². The predicted molar refractivity (Wildman–Crippen MR) is 109 cm³/mol. The van der Waals surface area contributed by atoms with Gasteiger partial charge in [0.15, 0.2) is 0 Å². The van der Waals surface area contributed by atoms with Crippen LogP contribution in [0.5, 0.6) is 0 Å². The second-order valence-corrected chi connectivity index (χ2v) is 8.99. The van der Waals surface area contributed by atoms with E-state index in [9.17, 15) is 13.2 Å². The Kier molecular flexibility index (Phi) is 6.39. The summed E-state index contributed by atoms with van der Waals surface area (Å²) in [6.07, 6.45) is 6.41. The fourth-order valence-electron chi connectivity index (χ4n) is 3.31. The molecule has 0 bridgehead atoms. The van der Waals surface area contributed by atoms with Crippen molar-refractivity contribution in [1.29, 1.82) is 0 Å². The summed E-state index contributed by atoms with van der Waals surface area (Å²) in [5.41, 5.74) is 1.03. The van der Waals surface area contributed by atoms with Crippen molar-refractivity contribution in [3.8, 4) is 0 Å². The predicted octanol–water partition coefficient (Wildman–Crippen LogP) is 5.05. The average Bonchev–Trinajstić information content (AvgIpc) is 3.16. The van der Waals surface area contributed by atoms with E-state index in [2.05, 4.69) is 10.0 Å². The highest BCUT2D eigenvalue weighted by atomic mass is 35.5. The van der Waals surface area contributed by atoms with Gasteiger partial charge in [0.1, 0.15) is 0 Å². The van der Waals surface area contributed by atoms with Gasteiger partial charge in [-0.1, -0.05) is 37.3 Å². The minimum Gasteiger partial charge on any atom is -0.326 e. The Balaban J connectivity index is 1.56. The molecular weight excluding hydrogens is 384 g/mol. The molecule has 1 aliphatic rings. The standard InChI is InChI=1S/C20H23ClN2O3S/c21-16-6-8-18(9-7-16)23-27(25,26)19-12-10-17(11-13-19)22-20(24)14-5-15-3-1-2-4-15/h6-13,15,23H,1-5,14H2,(H,22,24). The van der Waals surface area contributed by atoms with Crippen molar-refractivity contribution in [2.24, 2.45) is 5.92 Å². The highest BCUT2D eigenvalue weighted by molar-refractivity contribution is 7.92. The zero-order valence-corrected chi connectivity index (χ0v) is 16.5. The highest BCUT2D eigenvalue weighted by Crippen LogP contribution is 2.28. The molecule has 0 spiro atoms. The first-order valence-electron chi connectivity index (χ1n) is 9.11. The lowest BCUT2D eigenvalue weighted by molar-refractivity contribution is -0.116. The van der Waals surface area contributed by atoms with Crippen LogP contribution in [0.2, 0.25) is 5.02 Å². The number of rotatable bonds is 7.